The lowest BCUT2D eigenvalue weighted by Gasteiger charge is -2.13. The number of carbonyl (C=O) groups is 1. The third-order valence-electron chi connectivity index (χ3n) is 5.99. The van der Waals surface area contributed by atoms with Gasteiger partial charge in [0.15, 0.2) is 0 Å². The van der Waals surface area contributed by atoms with Crippen molar-refractivity contribution >= 4 is 21.6 Å². The SMILES string of the molecule is O=C(N[C@@H]1[C@@H]2CCc3ccccc3[C@@H]21)c1ccc(S(=O)(=O)Nc2ccncc2)cc1. The first-order valence-electron chi connectivity index (χ1n) is 9.94. The van der Waals surface area contributed by atoms with E-state index >= 15 is 0 Å². The van der Waals surface area contributed by atoms with Crippen molar-refractivity contribution in [3.8, 4) is 0 Å². The second kappa shape index (κ2) is 7.25. The first kappa shape index (κ1) is 18.8. The first-order chi connectivity index (χ1) is 14.5. The highest BCUT2D eigenvalue weighted by Crippen LogP contribution is 2.54. The number of benzene rings is 2. The van der Waals surface area contributed by atoms with Crippen LogP contribution in [0.4, 0.5) is 5.69 Å². The Balaban J connectivity index is 1.27. The highest BCUT2D eigenvalue weighted by molar-refractivity contribution is 7.92. The van der Waals surface area contributed by atoms with Crippen LogP contribution in [0.1, 0.15) is 33.8 Å². The zero-order valence-electron chi connectivity index (χ0n) is 16.2. The summed E-state index contributed by atoms with van der Waals surface area (Å²) >= 11 is 0. The number of amides is 1. The van der Waals surface area contributed by atoms with E-state index in [0.29, 0.717) is 23.1 Å². The molecule has 3 aromatic rings. The minimum absolute atomic E-state index is 0.102. The van der Waals surface area contributed by atoms with Crippen LogP contribution in [0.3, 0.4) is 0 Å². The van der Waals surface area contributed by atoms with Crippen LogP contribution in [0.2, 0.25) is 0 Å². The number of anilines is 1. The number of nitrogens with zero attached hydrogens (tertiary/aromatic N) is 1. The van der Waals surface area contributed by atoms with E-state index in [1.165, 1.54) is 35.7 Å². The second-order valence-electron chi connectivity index (χ2n) is 7.79. The van der Waals surface area contributed by atoms with Gasteiger partial charge in [-0.15, -0.1) is 0 Å². The van der Waals surface area contributed by atoms with Gasteiger partial charge in [-0.1, -0.05) is 24.3 Å². The molecule has 0 unspecified atom stereocenters. The van der Waals surface area contributed by atoms with Crippen molar-refractivity contribution in [2.24, 2.45) is 5.92 Å². The molecule has 0 aliphatic heterocycles. The first-order valence-corrected chi connectivity index (χ1v) is 11.4. The number of nitrogens with one attached hydrogen (secondary N) is 2. The number of fused-ring (bicyclic) bond motifs is 3. The molecule has 0 saturated heterocycles. The van der Waals surface area contributed by atoms with Crippen LogP contribution in [0.15, 0.2) is 78.0 Å². The molecule has 1 saturated carbocycles. The van der Waals surface area contributed by atoms with Crippen LogP contribution >= 0.6 is 0 Å². The van der Waals surface area contributed by atoms with E-state index in [9.17, 15) is 13.2 Å². The van der Waals surface area contributed by atoms with Crippen molar-refractivity contribution in [3.05, 3.63) is 89.7 Å². The lowest BCUT2D eigenvalue weighted by Crippen LogP contribution is -2.27. The summed E-state index contributed by atoms with van der Waals surface area (Å²) in [6.45, 7) is 0. The van der Waals surface area contributed by atoms with Gasteiger partial charge in [0.1, 0.15) is 0 Å². The maximum Gasteiger partial charge on any atom is 0.261 e. The van der Waals surface area contributed by atoms with E-state index in [0.717, 1.165) is 12.8 Å². The van der Waals surface area contributed by atoms with Crippen molar-refractivity contribution in [2.45, 2.75) is 29.7 Å². The Morgan fingerprint density at radius 3 is 2.47 bits per heavy atom. The van der Waals surface area contributed by atoms with E-state index in [2.05, 4.69) is 39.3 Å². The van der Waals surface area contributed by atoms with Crippen molar-refractivity contribution < 1.29 is 13.2 Å². The molecule has 1 amide bonds. The quantitative estimate of drug-likeness (QED) is 0.664. The molecule has 1 aromatic heterocycles. The minimum atomic E-state index is -3.73. The molecule has 1 heterocycles. The van der Waals surface area contributed by atoms with Gasteiger partial charge in [-0.3, -0.25) is 14.5 Å². The summed E-state index contributed by atoms with van der Waals surface area (Å²) in [4.78, 5) is 16.7. The Morgan fingerprint density at radius 2 is 1.70 bits per heavy atom. The van der Waals surface area contributed by atoms with Gasteiger partial charge in [0.25, 0.3) is 15.9 Å². The molecule has 0 bridgehead atoms. The number of sulfonamides is 1. The van der Waals surface area contributed by atoms with Gasteiger partial charge in [-0.05, 0) is 66.3 Å². The van der Waals surface area contributed by atoms with Crippen LogP contribution in [0.25, 0.3) is 0 Å². The fourth-order valence-electron chi connectivity index (χ4n) is 4.42. The second-order valence-corrected chi connectivity index (χ2v) is 9.47. The van der Waals surface area contributed by atoms with E-state index in [1.54, 1.807) is 24.3 Å². The summed E-state index contributed by atoms with van der Waals surface area (Å²) in [6, 6.07) is 17.8. The average molecular weight is 420 g/mol. The molecular weight excluding hydrogens is 398 g/mol. The standard InChI is InChI=1S/C23H21N3O3S/c27-23(25-22-20-10-7-15-3-1-2-4-19(15)21(20)22)16-5-8-18(9-6-16)30(28,29)26-17-11-13-24-14-12-17/h1-6,8-9,11-14,20-22H,7,10H2,(H,24,26)(H,25,27)/t20-,21+,22-/m1/s1. The third-order valence-corrected chi connectivity index (χ3v) is 7.38. The minimum Gasteiger partial charge on any atom is -0.348 e. The van der Waals surface area contributed by atoms with Gasteiger partial charge in [0.05, 0.1) is 10.6 Å². The summed E-state index contributed by atoms with van der Waals surface area (Å²) in [5.41, 5.74) is 3.62. The number of hydrogen-bond acceptors (Lipinski definition) is 4. The van der Waals surface area contributed by atoms with E-state index in [-0.39, 0.29) is 16.8 Å². The lowest BCUT2D eigenvalue weighted by molar-refractivity contribution is 0.0948. The molecule has 2 N–H and O–H groups in total. The van der Waals surface area contributed by atoms with Crippen molar-refractivity contribution in [3.63, 3.8) is 0 Å². The molecule has 30 heavy (non-hydrogen) atoms. The van der Waals surface area contributed by atoms with Gasteiger partial charge < -0.3 is 5.32 Å². The molecular formula is C23H21N3O3S. The fraction of sp³-hybridized carbons (Fsp3) is 0.217. The van der Waals surface area contributed by atoms with Gasteiger partial charge in [0.2, 0.25) is 0 Å². The van der Waals surface area contributed by atoms with Gasteiger partial charge in [-0.25, -0.2) is 8.42 Å². The molecule has 7 heteroatoms. The number of aryl methyl sites for hydroxylation is 1. The predicted molar refractivity (Wildman–Crippen MR) is 114 cm³/mol. The fourth-order valence-corrected chi connectivity index (χ4v) is 5.48. The largest absolute Gasteiger partial charge is 0.348 e. The van der Waals surface area contributed by atoms with Crippen LogP contribution < -0.4 is 10.0 Å². The number of aromatic nitrogens is 1. The highest BCUT2D eigenvalue weighted by atomic mass is 32.2. The van der Waals surface area contributed by atoms with Crippen LogP contribution in [-0.2, 0) is 16.4 Å². The summed E-state index contributed by atoms with van der Waals surface area (Å²) in [5, 5.41) is 3.14. The number of rotatable bonds is 5. The van der Waals surface area contributed by atoms with E-state index in [4.69, 9.17) is 0 Å². The Bertz CT molecular complexity index is 1190. The average Bonchev–Trinajstić information content (AvgIpc) is 3.47. The van der Waals surface area contributed by atoms with E-state index in [1.807, 2.05) is 0 Å². The summed E-state index contributed by atoms with van der Waals surface area (Å²) in [5.74, 6) is 0.717. The molecule has 5 rings (SSSR count). The van der Waals surface area contributed by atoms with Gasteiger partial charge >= 0.3 is 0 Å². The predicted octanol–water partition coefficient (Wildman–Crippen LogP) is 3.34. The maximum atomic E-state index is 12.7. The molecule has 0 spiro atoms. The Morgan fingerprint density at radius 1 is 0.967 bits per heavy atom. The van der Waals surface area contributed by atoms with Crippen LogP contribution in [0.5, 0.6) is 0 Å². The van der Waals surface area contributed by atoms with Crippen LogP contribution in [0, 0.1) is 5.92 Å². The van der Waals surface area contributed by atoms with Crippen molar-refractivity contribution in [1.82, 2.24) is 10.3 Å². The number of hydrogen-bond donors (Lipinski definition) is 2. The van der Waals surface area contributed by atoms with Gasteiger partial charge in [-0.2, -0.15) is 0 Å². The normalized spacial score (nSPS) is 21.8. The zero-order valence-corrected chi connectivity index (χ0v) is 17.0. The molecule has 2 aromatic carbocycles. The van der Waals surface area contributed by atoms with Crippen molar-refractivity contribution in [1.29, 1.82) is 0 Å². The van der Waals surface area contributed by atoms with Crippen LogP contribution in [-0.4, -0.2) is 25.4 Å². The van der Waals surface area contributed by atoms with Gasteiger partial charge in [0, 0.05) is 29.9 Å². The third kappa shape index (κ3) is 3.45. The molecule has 6 nitrogen and oxygen atoms in total. The maximum absolute atomic E-state index is 12.7. The molecule has 3 atom stereocenters. The number of pyridine rings is 1. The van der Waals surface area contributed by atoms with Crippen molar-refractivity contribution in [2.75, 3.05) is 4.72 Å². The Kier molecular flexibility index (Phi) is 4.55. The summed E-state index contributed by atoms with van der Waals surface area (Å²) in [6.07, 6.45) is 5.17. The molecule has 1 fully saturated rings. The monoisotopic (exact) mass is 419 g/mol. The zero-order chi connectivity index (χ0) is 20.7. The Labute approximate surface area is 175 Å². The molecule has 152 valence electrons. The summed E-state index contributed by atoms with van der Waals surface area (Å²) < 4.78 is 27.6. The lowest BCUT2D eigenvalue weighted by atomic mass is 9.92. The summed E-state index contributed by atoms with van der Waals surface area (Å²) in [7, 11) is -3.73. The topological polar surface area (TPSA) is 88.2 Å². The molecule has 0 radical (unpaired) electrons. The molecule has 2 aliphatic carbocycles. The smallest absolute Gasteiger partial charge is 0.261 e. The molecule has 2 aliphatic rings. The highest BCUT2D eigenvalue weighted by Gasteiger charge is 2.53. The van der Waals surface area contributed by atoms with E-state index < -0.39 is 10.0 Å². The Hall–Kier alpha value is -3.19. The number of carbonyl (C=O) groups excluding carboxylic acids is 1.